The van der Waals surface area contributed by atoms with Gasteiger partial charge in [0.05, 0.1) is 5.54 Å². The van der Waals surface area contributed by atoms with Gasteiger partial charge >= 0.3 is 0 Å². The topological polar surface area (TPSA) is 43.1 Å². The fraction of sp³-hybridized carbons (Fsp3) is 0.800. The Morgan fingerprint density at radius 2 is 2.18 bits per heavy atom. The molecule has 0 spiro atoms. The van der Waals surface area contributed by atoms with Crippen LogP contribution >= 0.6 is 0 Å². The second-order valence-electron chi connectivity index (χ2n) is 6.02. The molecule has 0 aromatic heterocycles. The molecule has 96 valence electrons. The SMILES string of the molecule is CC1CCCC(N)(C(=O)C2=CCCCCC2)C1. The first kappa shape index (κ1) is 12.8. The number of ketones is 1. The molecule has 0 aromatic carbocycles. The van der Waals surface area contributed by atoms with Crippen LogP contribution in [0.4, 0.5) is 0 Å². The van der Waals surface area contributed by atoms with Crippen molar-refractivity contribution in [2.45, 2.75) is 70.3 Å². The zero-order valence-corrected chi connectivity index (χ0v) is 11.0. The van der Waals surface area contributed by atoms with Crippen LogP contribution < -0.4 is 5.73 Å². The van der Waals surface area contributed by atoms with Gasteiger partial charge in [0.25, 0.3) is 0 Å². The van der Waals surface area contributed by atoms with Crippen molar-refractivity contribution < 1.29 is 4.79 Å². The van der Waals surface area contributed by atoms with Crippen LogP contribution in [0.3, 0.4) is 0 Å². The minimum Gasteiger partial charge on any atom is -0.319 e. The van der Waals surface area contributed by atoms with Gasteiger partial charge in [-0.2, -0.15) is 0 Å². The molecule has 2 heteroatoms. The molecule has 0 bridgehead atoms. The van der Waals surface area contributed by atoms with Crippen LogP contribution in [0.25, 0.3) is 0 Å². The molecule has 17 heavy (non-hydrogen) atoms. The van der Waals surface area contributed by atoms with Gasteiger partial charge in [-0.05, 0) is 50.0 Å². The average molecular weight is 235 g/mol. The van der Waals surface area contributed by atoms with E-state index in [0.29, 0.717) is 5.92 Å². The Hall–Kier alpha value is -0.630. The van der Waals surface area contributed by atoms with Crippen LogP contribution in [-0.2, 0) is 4.79 Å². The Bertz CT molecular complexity index is 321. The van der Waals surface area contributed by atoms with Gasteiger partial charge in [-0.3, -0.25) is 4.79 Å². The quantitative estimate of drug-likeness (QED) is 0.797. The van der Waals surface area contributed by atoms with Crippen LogP contribution in [-0.4, -0.2) is 11.3 Å². The second kappa shape index (κ2) is 5.34. The largest absolute Gasteiger partial charge is 0.319 e. The molecule has 2 nitrogen and oxygen atoms in total. The molecule has 2 unspecified atom stereocenters. The summed E-state index contributed by atoms with van der Waals surface area (Å²) >= 11 is 0. The fourth-order valence-corrected chi connectivity index (χ4v) is 3.34. The average Bonchev–Trinajstić information content (AvgIpc) is 2.56. The normalized spacial score (nSPS) is 34.9. The third kappa shape index (κ3) is 2.98. The van der Waals surface area contributed by atoms with Crippen molar-refractivity contribution in [3.8, 4) is 0 Å². The zero-order chi connectivity index (χ0) is 12.3. The van der Waals surface area contributed by atoms with Gasteiger partial charge in [-0.15, -0.1) is 0 Å². The Morgan fingerprint density at radius 1 is 1.35 bits per heavy atom. The Morgan fingerprint density at radius 3 is 2.94 bits per heavy atom. The number of hydrogen-bond donors (Lipinski definition) is 1. The molecule has 0 radical (unpaired) electrons. The highest BCUT2D eigenvalue weighted by Gasteiger charge is 2.38. The second-order valence-corrected chi connectivity index (χ2v) is 6.02. The molecule has 1 fully saturated rings. The predicted molar refractivity (Wildman–Crippen MR) is 70.7 cm³/mol. The van der Waals surface area contributed by atoms with Crippen molar-refractivity contribution in [2.75, 3.05) is 0 Å². The van der Waals surface area contributed by atoms with E-state index in [1.54, 1.807) is 0 Å². The number of rotatable bonds is 2. The third-order valence-corrected chi connectivity index (χ3v) is 4.32. The lowest BCUT2D eigenvalue weighted by Gasteiger charge is -2.36. The minimum atomic E-state index is -0.548. The number of allylic oxidation sites excluding steroid dienone is 1. The van der Waals surface area contributed by atoms with E-state index in [1.165, 1.54) is 19.3 Å². The van der Waals surface area contributed by atoms with Crippen LogP contribution in [0, 0.1) is 5.92 Å². The first-order valence-electron chi connectivity index (χ1n) is 7.14. The van der Waals surface area contributed by atoms with E-state index in [4.69, 9.17) is 5.73 Å². The Labute approximate surface area is 105 Å². The van der Waals surface area contributed by atoms with Crippen LogP contribution in [0.1, 0.15) is 64.7 Å². The van der Waals surface area contributed by atoms with Crippen molar-refractivity contribution in [2.24, 2.45) is 11.7 Å². The smallest absolute Gasteiger partial charge is 0.178 e. The molecule has 2 rings (SSSR count). The number of nitrogens with two attached hydrogens (primary N) is 1. The number of carbonyl (C=O) groups is 1. The van der Waals surface area contributed by atoms with Crippen LogP contribution in [0.5, 0.6) is 0 Å². The van der Waals surface area contributed by atoms with E-state index in [-0.39, 0.29) is 5.78 Å². The summed E-state index contributed by atoms with van der Waals surface area (Å²) < 4.78 is 0. The maximum atomic E-state index is 12.6. The van der Waals surface area contributed by atoms with Gasteiger partial charge in [0.15, 0.2) is 5.78 Å². The number of hydrogen-bond acceptors (Lipinski definition) is 2. The molecule has 2 N–H and O–H groups in total. The molecule has 2 aliphatic carbocycles. The van der Waals surface area contributed by atoms with E-state index in [9.17, 15) is 4.79 Å². The van der Waals surface area contributed by atoms with Crippen molar-refractivity contribution >= 4 is 5.78 Å². The highest BCUT2D eigenvalue weighted by atomic mass is 16.1. The molecule has 0 aromatic rings. The fourth-order valence-electron chi connectivity index (χ4n) is 3.34. The highest BCUT2D eigenvalue weighted by molar-refractivity contribution is 6.02. The molecule has 1 saturated carbocycles. The van der Waals surface area contributed by atoms with E-state index in [0.717, 1.165) is 44.1 Å². The molecular formula is C15H25NO. The standard InChI is InChI=1S/C15H25NO/c1-12-7-6-10-15(16,11-12)14(17)13-8-4-2-3-5-9-13/h8,12H,2-7,9-11,16H2,1H3. The minimum absolute atomic E-state index is 0.256. The van der Waals surface area contributed by atoms with Gasteiger partial charge in [0.1, 0.15) is 0 Å². The Kier molecular flexibility index (Phi) is 4.03. The van der Waals surface area contributed by atoms with E-state index in [2.05, 4.69) is 13.0 Å². The first-order chi connectivity index (χ1) is 8.12. The van der Waals surface area contributed by atoms with E-state index < -0.39 is 5.54 Å². The maximum Gasteiger partial charge on any atom is 0.178 e. The molecule has 2 aliphatic rings. The van der Waals surface area contributed by atoms with Crippen LogP contribution in [0.15, 0.2) is 11.6 Å². The van der Waals surface area contributed by atoms with Crippen LogP contribution in [0.2, 0.25) is 0 Å². The summed E-state index contributed by atoms with van der Waals surface area (Å²) in [5.41, 5.74) is 6.86. The highest BCUT2D eigenvalue weighted by Crippen LogP contribution is 2.34. The maximum absolute atomic E-state index is 12.6. The van der Waals surface area contributed by atoms with Crippen molar-refractivity contribution in [3.05, 3.63) is 11.6 Å². The zero-order valence-electron chi connectivity index (χ0n) is 11.0. The number of Topliss-reactive ketones (excluding diaryl/α,β-unsaturated/α-hetero) is 1. The molecule has 0 heterocycles. The summed E-state index contributed by atoms with van der Waals surface area (Å²) in [5, 5.41) is 0. The van der Waals surface area contributed by atoms with Gasteiger partial charge in [0.2, 0.25) is 0 Å². The monoisotopic (exact) mass is 235 g/mol. The first-order valence-corrected chi connectivity index (χ1v) is 7.14. The van der Waals surface area contributed by atoms with Gasteiger partial charge in [-0.25, -0.2) is 0 Å². The predicted octanol–water partition coefficient (Wildman–Crippen LogP) is 3.35. The Balaban J connectivity index is 2.09. The summed E-state index contributed by atoms with van der Waals surface area (Å²) in [4.78, 5) is 12.6. The molecule has 0 amide bonds. The lowest BCUT2D eigenvalue weighted by Crippen LogP contribution is -2.51. The molecular weight excluding hydrogens is 210 g/mol. The van der Waals surface area contributed by atoms with E-state index in [1.807, 2.05) is 0 Å². The summed E-state index contributed by atoms with van der Waals surface area (Å²) in [5.74, 6) is 0.857. The molecule has 0 aliphatic heterocycles. The van der Waals surface area contributed by atoms with Gasteiger partial charge < -0.3 is 5.73 Å². The summed E-state index contributed by atoms with van der Waals surface area (Å²) in [7, 11) is 0. The van der Waals surface area contributed by atoms with Crippen molar-refractivity contribution in [1.82, 2.24) is 0 Å². The lowest BCUT2D eigenvalue weighted by molar-refractivity contribution is -0.122. The summed E-state index contributed by atoms with van der Waals surface area (Å²) in [6, 6.07) is 0. The summed E-state index contributed by atoms with van der Waals surface area (Å²) in [6.07, 6.45) is 11.9. The van der Waals surface area contributed by atoms with Crippen molar-refractivity contribution in [1.29, 1.82) is 0 Å². The molecule has 0 saturated heterocycles. The van der Waals surface area contributed by atoms with E-state index >= 15 is 0 Å². The third-order valence-electron chi connectivity index (χ3n) is 4.32. The van der Waals surface area contributed by atoms with Crippen molar-refractivity contribution in [3.63, 3.8) is 0 Å². The lowest BCUT2D eigenvalue weighted by atomic mass is 9.72. The van der Waals surface area contributed by atoms with Gasteiger partial charge in [0, 0.05) is 0 Å². The number of carbonyl (C=O) groups excluding carboxylic acids is 1. The van der Waals surface area contributed by atoms with Gasteiger partial charge in [-0.1, -0.05) is 32.3 Å². The molecule has 2 atom stereocenters. The summed E-state index contributed by atoms with van der Waals surface area (Å²) in [6.45, 7) is 2.22.